The van der Waals surface area contributed by atoms with E-state index >= 15 is 0 Å². The summed E-state index contributed by atoms with van der Waals surface area (Å²) in [6.45, 7) is 5.92. The molecule has 0 aliphatic carbocycles. The average molecular weight is 437 g/mol. The molecule has 0 atom stereocenters. The van der Waals surface area contributed by atoms with Crippen molar-refractivity contribution < 1.29 is 17.9 Å². The quantitative estimate of drug-likeness (QED) is 0.727. The third kappa shape index (κ3) is 5.22. The number of nitrogens with one attached hydrogen (secondary N) is 1. The lowest BCUT2D eigenvalue weighted by atomic mass is 9.98. The van der Waals surface area contributed by atoms with Gasteiger partial charge in [0.05, 0.1) is 11.6 Å². The molecule has 6 nitrogen and oxygen atoms in total. The van der Waals surface area contributed by atoms with Crippen molar-refractivity contribution in [3.8, 4) is 5.75 Å². The van der Waals surface area contributed by atoms with Gasteiger partial charge in [-0.25, -0.2) is 8.42 Å². The standard InChI is InChI=1S/C21H25ClN2O4S/c1-3-28-18-7-5-17(6-8-18)23-29(26,27)20-14-16(4-9-19(20)22)21(25)24-12-10-15(2)11-13-24/h4-9,14-15,23H,3,10-13H2,1-2H3. The van der Waals surface area contributed by atoms with Crippen LogP contribution in [-0.2, 0) is 10.0 Å². The number of sulfonamides is 1. The van der Waals surface area contributed by atoms with Gasteiger partial charge in [0.15, 0.2) is 0 Å². The van der Waals surface area contributed by atoms with Crippen LogP contribution in [0.3, 0.4) is 0 Å². The van der Waals surface area contributed by atoms with Gasteiger partial charge >= 0.3 is 0 Å². The summed E-state index contributed by atoms with van der Waals surface area (Å²) >= 11 is 6.16. The lowest BCUT2D eigenvalue weighted by Gasteiger charge is -2.30. The van der Waals surface area contributed by atoms with Crippen molar-refractivity contribution in [3.05, 3.63) is 53.1 Å². The molecule has 0 bridgehead atoms. The molecule has 2 aromatic carbocycles. The predicted octanol–water partition coefficient (Wildman–Crippen LogP) is 4.41. The van der Waals surface area contributed by atoms with Gasteiger partial charge in [-0.2, -0.15) is 0 Å². The lowest BCUT2D eigenvalue weighted by molar-refractivity contribution is 0.0697. The smallest absolute Gasteiger partial charge is 0.263 e. The number of hydrogen-bond acceptors (Lipinski definition) is 4. The maximum Gasteiger partial charge on any atom is 0.263 e. The minimum Gasteiger partial charge on any atom is -0.494 e. The van der Waals surface area contributed by atoms with Gasteiger partial charge in [-0.3, -0.25) is 9.52 Å². The SMILES string of the molecule is CCOc1ccc(NS(=O)(=O)c2cc(C(=O)N3CCC(C)CC3)ccc2Cl)cc1. The Balaban J connectivity index is 1.81. The van der Waals surface area contributed by atoms with Gasteiger partial charge in [0, 0.05) is 24.3 Å². The number of likely N-dealkylation sites (tertiary alicyclic amines) is 1. The van der Waals surface area contributed by atoms with Gasteiger partial charge in [0.1, 0.15) is 10.6 Å². The third-order valence-electron chi connectivity index (χ3n) is 4.96. The second-order valence-electron chi connectivity index (χ2n) is 7.18. The Hall–Kier alpha value is -2.25. The molecule has 1 heterocycles. The monoisotopic (exact) mass is 436 g/mol. The van der Waals surface area contributed by atoms with Crippen LogP contribution in [0.2, 0.25) is 5.02 Å². The van der Waals surface area contributed by atoms with Crippen LogP contribution in [0.4, 0.5) is 5.69 Å². The molecule has 1 saturated heterocycles. The third-order valence-corrected chi connectivity index (χ3v) is 6.82. The Morgan fingerprint density at radius 1 is 1.17 bits per heavy atom. The van der Waals surface area contributed by atoms with E-state index in [2.05, 4.69) is 11.6 Å². The summed E-state index contributed by atoms with van der Waals surface area (Å²) in [6.07, 6.45) is 1.90. The summed E-state index contributed by atoms with van der Waals surface area (Å²) in [5, 5.41) is 0.0623. The van der Waals surface area contributed by atoms with Crippen molar-refractivity contribution in [2.24, 2.45) is 5.92 Å². The molecule has 0 aromatic heterocycles. The minimum atomic E-state index is -3.96. The zero-order valence-electron chi connectivity index (χ0n) is 16.5. The molecule has 0 saturated carbocycles. The van der Waals surface area contributed by atoms with Crippen molar-refractivity contribution >= 4 is 33.2 Å². The Bertz CT molecular complexity index is 969. The molecule has 0 unspecified atom stereocenters. The molecule has 156 valence electrons. The first-order valence-electron chi connectivity index (χ1n) is 9.64. The lowest BCUT2D eigenvalue weighted by Crippen LogP contribution is -2.38. The first kappa shape index (κ1) is 21.5. The number of piperidine rings is 1. The zero-order chi connectivity index (χ0) is 21.0. The number of rotatable bonds is 6. The van der Waals surface area contributed by atoms with E-state index in [0.717, 1.165) is 12.8 Å². The van der Waals surface area contributed by atoms with Gasteiger partial charge in [-0.15, -0.1) is 0 Å². The van der Waals surface area contributed by atoms with Gasteiger partial charge in [0.2, 0.25) is 0 Å². The molecule has 8 heteroatoms. The summed E-state index contributed by atoms with van der Waals surface area (Å²) in [5.41, 5.74) is 0.697. The van der Waals surface area contributed by atoms with E-state index in [1.165, 1.54) is 12.1 Å². The first-order chi connectivity index (χ1) is 13.8. The van der Waals surface area contributed by atoms with Crippen molar-refractivity contribution in [1.29, 1.82) is 0 Å². The minimum absolute atomic E-state index is 0.0623. The van der Waals surface area contributed by atoms with Crippen molar-refractivity contribution in [2.45, 2.75) is 31.6 Å². The second-order valence-corrected chi connectivity index (χ2v) is 9.24. The topological polar surface area (TPSA) is 75.7 Å². The van der Waals surface area contributed by atoms with E-state index in [9.17, 15) is 13.2 Å². The fraction of sp³-hybridized carbons (Fsp3) is 0.381. The van der Waals surface area contributed by atoms with Crippen LogP contribution >= 0.6 is 11.6 Å². The van der Waals surface area contributed by atoms with Gasteiger partial charge in [0.25, 0.3) is 15.9 Å². The molecule has 1 aliphatic rings. The highest BCUT2D eigenvalue weighted by Gasteiger charge is 2.25. The highest BCUT2D eigenvalue weighted by Crippen LogP contribution is 2.27. The number of carbonyl (C=O) groups is 1. The molecule has 0 radical (unpaired) electrons. The fourth-order valence-electron chi connectivity index (χ4n) is 3.23. The largest absolute Gasteiger partial charge is 0.494 e. The number of anilines is 1. The molecule has 1 aliphatic heterocycles. The van der Waals surface area contributed by atoms with Gasteiger partial charge in [-0.05, 0) is 68.1 Å². The van der Waals surface area contributed by atoms with E-state index in [4.69, 9.17) is 16.3 Å². The van der Waals surface area contributed by atoms with Crippen LogP contribution in [0.25, 0.3) is 0 Å². The fourth-order valence-corrected chi connectivity index (χ4v) is 4.82. The summed E-state index contributed by atoms with van der Waals surface area (Å²) in [6, 6.07) is 11.0. The van der Waals surface area contributed by atoms with E-state index in [1.807, 2.05) is 6.92 Å². The van der Waals surface area contributed by atoms with Crippen LogP contribution in [0.5, 0.6) is 5.75 Å². The highest BCUT2D eigenvalue weighted by molar-refractivity contribution is 7.92. The number of carbonyl (C=O) groups excluding carboxylic acids is 1. The molecular weight excluding hydrogens is 412 g/mol. The molecule has 1 amide bonds. The van der Waals surface area contributed by atoms with E-state index < -0.39 is 10.0 Å². The predicted molar refractivity (Wildman–Crippen MR) is 114 cm³/mol. The normalized spacial score (nSPS) is 15.2. The molecule has 1 fully saturated rings. The first-order valence-corrected chi connectivity index (χ1v) is 11.5. The zero-order valence-corrected chi connectivity index (χ0v) is 18.1. The molecule has 29 heavy (non-hydrogen) atoms. The number of amides is 1. The van der Waals surface area contributed by atoms with Crippen molar-refractivity contribution in [2.75, 3.05) is 24.4 Å². The maximum absolute atomic E-state index is 12.9. The van der Waals surface area contributed by atoms with Crippen LogP contribution in [0, 0.1) is 5.92 Å². The Morgan fingerprint density at radius 3 is 2.45 bits per heavy atom. The number of ether oxygens (including phenoxy) is 1. The maximum atomic E-state index is 12.9. The number of benzene rings is 2. The van der Waals surface area contributed by atoms with Crippen molar-refractivity contribution in [1.82, 2.24) is 4.90 Å². The van der Waals surface area contributed by atoms with Crippen LogP contribution < -0.4 is 9.46 Å². The number of halogens is 1. The van der Waals surface area contributed by atoms with E-state index in [-0.39, 0.29) is 15.8 Å². The Kier molecular flexibility index (Phi) is 6.70. The molecular formula is C21H25ClN2O4S. The molecule has 2 aromatic rings. The van der Waals surface area contributed by atoms with Crippen LogP contribution in [0.15, 0.2) is 47.4 Å². The van der Waals surface area contributed by atoms with Crippen LogP contribution in [0.1, 0.15) is 37.0 Å². The molecule has 3 rings (SSSR count). The number of hydrogen-bond donors (Lipinski definition) is 1. The Labute approximate surface area is 176 Å². The van der Waals surface area contributed by atoms with Crippen molar-refractivity contribution in [3.63, 3.8) is 0 Å². The van der Waals surface area contributed by atoms with E-state index in [1.54, 1.807) is 35.2 Å². The van der Waals surface area contributed by atoms with Gasteiger partial charge < -0.3 is 9.64 Å². The summed E-state index contributed by atoms with van der Waals surface area (Å²) in [4.78, 5) is 14.5. The average Bonchev–Trinajstić information content (AvgIpc) is 2.70. The summed E-state index contributed by atoms with van der Waals surface area (Å²) < 4.78 is 33.6. The molecule has 1 N–H and O–H groups in total. The summed E-state index contributed by atoms with van der Waals surface area (Å²) in [7, 11) is -3.96. The second kappa shape index (κ2) is 9.05. The van der Waals surface area contributed by atoms with Crippen LogP contribution in [-0.4, -0.2) is 38.9 Å². The molecule has 0 spiro atoms. The summed E-state index contributed by atoms with van der Waals surface area (Å²) in [5.74, 6) is 1.07. The van der Waals surface area contributed by atoms with Gasteiger partial charge in [-0.1, -0.05) is 18.5 Å². The Morgan fingerprint density at radius 2 is 1.83 bits per heavy atom. The van der Waals surface area contributed by atoms with E-state index in [0.29, 0.717) is 42.6 Å². The highest BCUT2D eigenvalue weighted by atomic mass is 35.5. The number of nitrogens with zero attached hydrogens (tertiary/aromatic N) is 1.